The van der Waals surface area contributed by atoms with Gasteiger partial charge >= 0.3 is 0 Å². The molecule has 122 valence electrons. The molecule has 1 aromatic heterocycles. The second-order valence-corrected chi connectivity index (χ2v) is 8.34. The number of nitrogens with zero attached hydrogens (tertiary/aromatic N) is 4. The molecule has 1 fully saturated rings. The SMILES string of the molecule is CC(C1CC1)N(C)S(=O)(=O)N1CCC=C(c2cnn(C)c2)C1. The third-order valence-electron chi connectivity index (χ3n) is 4.76. The average molecular weight is 324 g/mol. The smallest absolute Gasteiger partial charge is 0.275 e. The fourth-order valence-electron chi connectivity index (χ4n) is 2.98. The van der Waals surface area contributed by atoms with Crippen molar-refractivity contribution in [2.24, 2.45) is 13.0 Å². The zero-order chi connectivity index (χ0) is 15.9. The van der Waals surface area contributed by atoms with Crippen molar-refractivity contribution in [1.82, 2.24) is 18.4 Å². The molecule has 6 nitrogen and oxygen atoms in total. The summed E-state index contributed by atoms with van der Waals surface area (Å²) in [6, 6.07) is 0.0812. The lowest BCUT2D eigenvalue weighted by atomic mass is 10.1. The van der Waals surface area contributed by atoms with Gasteiger partial charge in [-0.25, -0.2) is 0 Å². The Labute approximate surface area is 132 Å². The second kappa shape index (κ2) is 5.79. The maximum atomic E-state index is 12.8. The van der Waals surface area contributed by atoms with Crippen molar-refractivity contribution in [3.8, 4) is 0 Å². The summed E-state index contributed by atoms with van der Waals surface area (Å²) in [5.41, 5.74) is 2.04. The molecule has 7 heteroatoms. The first-order chi connectivity index (χ1) is 10.4. The molecule has 0 saturated heterocycles. The molecule has 1 saturated carbocycles. The van der Waals surface area contributed by atoms with Gasteiger partial charge in [0, 0.05) is 45.0 Å². The molecule has 1 atom stereocenters. The Hall–Kier alpha value is -1.18. The first-order valence-electron chi connectivity index (χ1n) is 7.80. The lowest BCUT2D eigenvalue weighted by Gasteiger charge is -2.33. The van der Waals surface area contributed by atoms with Gasteiger partial charge in [0.25, 0.3) is 10.2 Å². The third kappa shape index (κ3) is 2.98. The highest BCUT2D eigenvalue weighted by molar-refractivity contribution is 7.86. The quantitative estimate of drug-likeness (QED) is 0.824. The molecule has 22 heavy (non-hydrogen) atoms. The summed E-state index contributed by atoms with van der Waals surface area (Å²) in [5, 5.41) is 4.17. The fourth-order valence-corrected chi connectivity index (χ4v) is 4.57. The van der Waals surface area contributed by atoms with Gasteiger partial charge in [0.15, 0.2) is 0 Å². The minimum Gasteiger partial charge on any atom is -0.275 e. The van der Waals surface area contributed by atoms with Gasteiger partial charge in [0.2, 0.25) is 0 Å². The van der Waals surface area contributed by atoms with Crippen molar-refractivity contribution >= 4 is 15.8 Å². The fraction of sp³-hybridized carbons (Fsp3) is 0.667. The zero-order valence-corrected chi connectivity index (χ0v) is 14.3. The van der Waals surface area contributed by atoms with E-state index in [1.54, 1.807) is 26.5 Å². The van der Waals surface area contributed by atoms with Crippen LogP contribution in [0.5, 0.6) is 0 Å². The van der Waals surface area contributed by atoms with Crippen molar-refractivity contribution < 1.29 is 8.42 Å². The highest BCUT2D eigenvalue weighted by Gasteiger charge is 2.38. The van der Waals surface area contributed by atoms with Crippen LogP contribution in [0.1, 0.15) is 31.7 Å². The maximum Gasteiger partial charge on any atom is 0.282 e. The molecule has 0 amide bonds. The first kappa shape index (κ1) is 15.7. The topological polar surface area (TPSA) is 58.4 Å². The Bertz CT molecular complexity index is 675. The molecule has 0 radical (unpaired) electrons. The number of aryl methyl sites for hydroxylation is 1. The van der Waals surface area contributed by atoms with Crippen LogP contribution in [0, 0.1) is 5.92 Å². The van der Waals surface area contributed by atoms with Crippen LogP contribution in [0.3, 0.4) is 0 Å². The predicted molar refractivity (Wildman–Crippen MR) is 86.2 cm³/mol. The summed E-state index contributed by atoms with van der Waals surface area (Å²) in [4.78, 5) is 0. The van der Waals surface area contributed by atoms with E-state index in [1.165, 1.54) is 0 Å². The second-order valence-electron chi connectivity index (χ2n) is 6.36. The normalized spacial score (nSPS) is 21.9. The third-order valence-corrected chi connectivity index (χ3v) is 6.78. The molecule has 3 rings (SSSR count). The van der Waals surface area contributed by atoms with E-state index in [0.29, 0.717) is 19.0 Å². The summed E-state index contributed by atoms with van der Waals surface area (Å²) in [6.07, 6.45) is 8.86. The van der Waals surface area contributed by atoms with Gasteiger partial charge in [-0.2, -0.15) is 22.1 Å². The van der Waals surface area contributed by atoms with Crippen molar-refractivity contribution in [3.63, 3.8) is 0 Å². The van der Waals surface area contributed by atoms with Gasteiger partial charge in [-0.05, 0) is 37.7 Å². The number of hydrogen-bond donors (Lipinski definition) is 0. The minimum atomic E-state index is -3.40. The van der Waals surface area contributed by atoms with E-state index in [9.17, 15) is 8.42 Å². The Balaban J connectivity index is 1.76. The van der Waals surface area contributed by atoms with Crippen molar-refractivity contribution in [1.29, 1.82) is 0 Å². The van der Waals surface area contributed by atoms with E-state index in [0.717, 1.165) is 30.4 Å². The standard InChI is InChI=1S/C15H24N4O2S/c1-12(13-6-7-13)18(3)22(20,21)19-8-4-5-14(11-19)15-9-16-17(2)10-15/h5,9-10,12-13H,4,6-8,11H2,1-3H3. The van der Waals surface area contributed by atoms with E-state index < -0.39 is 10.2 Å². The molecule has 0 bridgehead atoms. The molecule has 0 N–H and O–H groups in total. The van der Waals surface area contributed by atoms with E-state index in [4.69, 9.17) is 0 Å². The lowest BCUT2D eigenvalue weighted by molar-refractivity contribution is 0.316. The van der Waals surface area contributed by atoms with Gasteiger partial charge < -0.3 is 0 Å². The summed E-state index contributed by atoms with van der Waals surface area (Å²) in [6.45, 7) is 2.99. The molecule has 0 aromatic carbocycles. The molecule has 2 aliphatic rings. The molecule has 1 aliphatic carbocycles. The van der Waals surface area contributed by atoms with E-state index in [-0.39, 0.29) is 6.04 Å². The maximum absolute atomic E-state index is 12.8. The average Bonchev–Trinajstić information content (AvgIpc) is 3.27. The molecule has 1 aromatic rings. The lowest BCUT2D eigenvalue weighted by Crippen LogP contribution is -2.47. The van der Waals surface area contributed by atoms with Gasteiger partial charge in [0.05, 0.1) is 6.20 Å². The molecule has 2 heterocycles. The predicted octanol–water partition coefficient (Wildman–Crippen LogP) is 1.48. The Morgan fingerprint density at radius 2 is 2.14 bits per heavy atom. The van der Waals surface area contributed by atoms with E-state index in [1.807, 2.05) is 20.2 Å². The van der Waals surface area contributed by atoms with Crippen LogP contribution in [-0.2, 0) is 17.3 Å². The number of rotatable bonds is 5. The summed E-state index contributed by atoms with van der Waals surface area (Å²) in [5.74, 6) is 0.526. The number of hydrogen-bond acceptors (Lipinski definition) is 3. The summed E-state index contributed by atoms with van der Waals surface area (Å²) < 4.78 is 30.6. The van der Waals surface area contributed by atoms with Gasteiger partial charge in [-0.3, -0.25) is 4.68 Å². The van der Waals surface area contributed by atoms with E-state index >= 15 is 0 Å². The molecular weight excluding hydrogens is 300 g/mol. The highest BCUT2D eigenvalue weighted by atomic mass is 32.2. The summed E-state index contributed by atoms with van der Waals surface area (Å²) in [7, 11) is 0.174. The summed E-state index contributed by atoms with van der Waals surface area (Å²) >= 11 is 0. The Morgan fingerprint density at radius 3 is 2.73 bits per heavy atom. The highest BCUT2D eigenvalue weighted by Crippen LogP contribution is 2.36. The number of aromatic nitrogens is 2. The Kier molecular flexibility index (Phi) is 4.13. The van der Waals surface area contributed by atoms with Crippen molar-refractivity contribution in [2.75, 3.05) is 20.1 Å². The van der Waals surface area contributed by atoms with Crippen LogP contribution in [0.2, 0.25) is 0 Å². The molecule has 1 aliphatic heterocycles. The molecule has 1 unspecified atom stereocenters. The Morgan fingerprint density at radius 1 is 1.41 bits per heavy atom. The van der Waals surface area contributed by atoms with Crippen molar-refractivity contribution in [2.45, 2.75) is 32.2 Å². The first-order valence-corrected chi connectivity index (χ1v) is 9.20. The van der Waals surface area contributed by atoms with Crippen LogP contribution in [0.15, 0.2) is 18.5 Å². The van der Waals surface area contributed by atoms with Gasteiger partial charge in [0.1, 0.15) is 0 Å². The molecule has 0 spiro atoms. The minimum absolute atomic E-state index is 0.0812. The zero-order valence-electron chi connectivity index (χ0n) is 13.4. The van der Waals surface area contributed by atoms with Crippen molar-refractivity contribution in [3.05, 3.63) is 24.0 Å². The van der Waals surface area contributed by atoms with Crippen LogP contribution in [-0.4, -0.2) is 53.0 Å². The van der Waals surface area contributed by atoms with Crippen LogP contribution >= 0.6 is 0 Å². The molecular formula is C15H24N4O2S. The van der Waals surface area contributed by atoms with Gasteiger partial charge in [-0.1, -0.05) is 6.08 Å². The van der Waals surface area contributed by atoms with Crippen LogP contribution < -0.4 is 0 Å². The monoisotopic (exact) mass is 324 g/mol. The van der Waals surface area contributed by atoms with E-state index in [2.05, 4.69) is 11.2 Å². The largest absolute Gasteiger partial charge is 0.282 e. The van der Waals surface area contributed by atoms with Gasteiger partial charge in [-0.15, -0.1) is 0 Å². The van der Waals surface area contributed by atoms with Crippen LogP contribution in [0.4, 0.5) is 0 Å². The van der Waals surface area contributed by atoms with Crippen LogP contribution in [0.25, 0.3) is 5.57 Å².